The molecule has 3 fully saturated rings. The predicted molar refractivity (Wildman–Crippen MR) is 88.2 cm³/mol. The quantitative estimate of drug-likeness (QED) is 0.878. The van der Waals surface area contributed by atoms with Gasteiger partial charge in [-0.2, -0.15) is 0 Å². The number of nitrogens with zero attached hydrogens (tertiary/aromatic N) is 1. The van der Waals surface area contributed by atoms with Crippen LogP contribution in [0, 0.1) is 23.7 Å². The highest BCUT2D eigenvalue weighted by Crippen LogP contribution is 2.53. The Kier molecular flexibility index (Phi) is 3.97. The minimum absolute atomic E-state index is 0.176. The molecule has 1 aliphatic heterocycles. The van der Waals surface area contributed by atoms with Crippen LogP contribution in [0.2, 0.25) is 0 Å². The molecule has 0 amide bonds. The minimum Gasteiger partial charge on any atom is -0.391 e. The molecule has 3 aliphatic rings. The Labute approximate surface area is 133 Å². The fraction of sp³-hybridized carbons (Fsp3) is 0.684. The molecule has 0 bridgehead atoms. The van der Waals surface area contributed by atoms with Gasteiger partial charge in [-0.05, 0) is 48.6 Å². The summed E-state index contributed by atoms with van der Waals surface area (Å²) in [6, 6.07) is 10.8. The third kappa shape index (κ3) is 2.49. The molecule has 0 radical (unpaired) electrons. The zero-order valence-corrected chi connectivity index (χ0v) is 13.3. The first-order chi connectivity index (χ1) is 10.8. The van der Waals surface area contributed by atoms with Crippen molar-refractivity contribution in [3.05, 3.63) is 35.9 Å². The summed E-state index contributed by atoms with van der Waals surface area (Å²) in [6.45, 7) is 3.08. The van der Waals surface area contributed by atoms with Gasteiger partial charge >= 0.3 is 0 Å². The molecule has 3 nitrogen and oxygen atoms in total. The minimum atomic E-state index is -0.223. The van der Waals surface area contributed by atoms with Crippen molar-refractivity contribution in [2.24, 2.45) is 29.4 Å². The summed E-state index contributed by atoms with van der Waals surface area (Å²) in [4.78, 5) is 2.54. The van der Waals surface area contributed by atoms with Crippen LogP contribution < -0.4 is 5.73 Å². The van der Waals surface area contributed by atoms with Crippen molar-refractivity contribution in [1.29, 1.82) is 0 Å². The summed E-state index contributed by atoms with van der Waals surface area (Å²) < 4.78 is 0. The number of benzene rings is 1. The van der Waals surface area contributed by atoms with Gasteiger partial charge in [0.1, 0.15) is 0 Å². The summed E-state index contributed by atoms with van der Waals surface area (Å²) >= 11 is 0. The van der Waals surface area contributed by atoms with E-state index in [4.69, 9.17) is 5.73 Å². The lowest BCUT2D eigenvalue weighted by molar-refractivity contribution is 0.0132. The zero-order chi connectivity index (χ0) is 15.1. The molecule has 4 unspecified atom stereocenters. The first-order valence-corrected chi connectivity index (χ1v) is 8.96. The van der Waals surface area contributed by atoms with Gasteiger partial charge in [-0.3, -0.25) is 4.90 Å². The topological polar surface area (TPSA) is 49.5 Å². The van der Waals surface area contributed by atoms with E-state index >= 15 is 0 Å². The highest BCUT2D eigenvalue weighted by atomic mass is 16.3. The Morgan fingerprint density at radius 2 is 1.73 bits per heavy atom. The van der Waals surface area contributed by atoms with Crippen LogP contribution in [0.5, 0.6) is 0 Å². The Balaban J connectivity index is 1.54. The molecule has 0 aromatic heterocycles. The monoisotopic (exact) mass is 300 g/mol. The molecule has 1 saturated heterocycles. The third-order valence-electron chi connectivity index (χ3n) is 6.41. The molecular weight excluding hydrogens is 272 g/mol. The van der Waals surface area contributed by atoms with Gasteiger partial charge in [0.2, 0.25) is 0 Å². The van der Waals surface area contributed by atoms with Gasteiger partial charge < -0.3 is 10.8 Å². The van der Waals surface area contributed by atoms with Gasteiger partial charge in [0, 0.05) is 13.1 Å². The molecule has 1 aromatic carbocycles. The molecule has 2 aliphatic carbocycles. The first kappa shape index (κ1) is 14.7. The van der Waals surface area contributed by atoms with E-state index in [2.05, 4.69) is 35.2 Å². The second kappa shape index (κ2) is 5.95. The summed E-state index contributed by atoms with van der Waals surface area (Å²) in [5.41, 5.74) is 7.13. The lowest BCUT2D eigenvalue weighted by Crippen LogP contribution is -2.40. The maximum absolute atomic E-state index is 11.1. The molecule has 2 saturated carbocycles. The van der Waals surface area contributed by atoms with Gasteiger partial charge in [0.25, 0.3) is 0 Å². The summed E-state index contributed by atoms with van der Waals surface area (Å²) in [5.74, 6) is 2.79. The van der Waals surface area contributed by atoms with Crippen LogP contribution in [0.25, 0.3) is 0 Å². The largest absolute Gasteiger partial charge is 0.391 e. The van der Waals surface area contributed by atoms with E-state index in [1.54, 1.807) is 0 Å². The average molecular weight is 300 g/mol. The van der Waals surface area contributed by atoms with Crippen LogP contribution >= 0.6 is 0 Å². The Bertz CT molecular complexity index is 487. The van der Waals surface area contributed by atoms with Crippen LogP contribution in [0.4, 0.5) is 0 Å². The maximum Gasteiger partial charge on any atom is 0.0765 e. The Morgan fingerprint density at radius 1 is 1.09 bits per heavy atom. The average Bonchev–Trinajstić information content (AvgIpc) is 2.95. The summed E-state index contributed by atoms with van der Waals surface area (Å²) in [5, 5.41) is 11.1. The predicted octanol–water partition coefficient (Wildman–Crippen LogP) is 2.42. The van der Waals surface area contributed by atoms with Crippen molar-refractivity contribution < 1.29 is 5.11 Å². The number of piperidine rings is 1. The van der Waals surface area contributed by atoms with Crippen molar-refractivity contribution in [3.8, 4) is 0 Å². The molecule has 120 valence electrons. The molecule has 3 N–H and O–H groups in total. The fourth-order valence-electron chi connectivity index (χ4n) is 5.09. The second-order valence-corrected chi connectivity index (χ2v) is 7.57. The lowest BCUT2D eigenvalue weighted by Gasteiger charge is -2.36. The van der Waals surface area contributed by atoms with Gasteiger partial charge in [-0.1, -0.05) is 43.2 Å². The van der Waals surface area contributed by atoms with Gasteiger partial charge in [-0.15, -0.1) is 0 Å². The smallest absolute Gasteiger partial charge is 0.0765 e. The maximum atomic E-state index is 11.1. The van der Waals surface area contributed by atoms with E-state index in [0.29, 0.717) is 5.92 Å². The molecule has 1 aromatic rings. The van der Waals surface area contributed by atoms with E-state index < -0.39 is 0 Å². The molecule has 1 heterocycles. The number of aliphatic hydroxyl groups is 1. The number of fused-ring (bicyclic) bond motifs is 1. The standard InChI is InChI=1S/C19H28N2O/c20-10-15-16-11-21(12-17(15)16)18(13-6-2-1-3-7-13)19(22)14-8-4-5-9-14/h1-3,6-7,14-19,22H,4-5,8-12,20H2. The van der Waals surface area contributed by atoms with E-state index in [0.717, 1.165) is 37.4 Å². The molecule has 4 atom stereocenters. The molecule has 3 heteroatoms. The Morgan fingerprint density at radius 3 is 2.32 bits per heavy atom. The van der Waals surface area contributed by atoms with Crippen molar-refractivity contribution >= 4 is 0 Å². The molecule has 4 rings (SSSR count). The van der Waals surface area contributed by atoms with Crippen molar-refractivity contribution in [3.63, 3.8) is 0 Å². The van der Waals surface area contributed by atoms with Crippen LogP contribution in [0.1, 0.15) is 37.3 Å². The summed E-state index contributed by atoms with van der Waals surface area (Å²) in [6.07, 6.45) is 4.72. The summed E-state index contributed by atoms with van der Waals surface area (Å²) in [7, 11) is 0. The number of aliphatic hydroxyl groups excluding tert-OH is 1. The first-order valence-electron chi connectivity index (χ1n) is 8.96. The molecule has 0 spiro atoms. The lowest BCUT2D eigenvalue weighted by atomic mass is 9.89. The number of hydrogen-bond donors (Lipinski definition) is 2. The zero-order valence-electron chi connectivity index (χ0n) is 13.3. The number of likely N-dealkylation sites (tertiary alicyclic amines) is 1. The molecular formula is C19H28N2O. The van der Waals surface area contributed by atoms with Gasteiger partial charge in [-0.25, -0.2) is 0 Å². The second-order valence-electron chi connectivity index (χ2n) is 7.57. The molecule has 22 heavy (non-hydrogen) atoms. The Hall–Kier alpha value is -0.900. The third-order valence-corrected chi connectivity index (χ3v) is 6.41. The van der Waals surface area contributed by atoms with Crippen molar-refractivity contribution in [1.82, 2.24) is 4.90 Å². The van der Waals surface area contributed by atoms with Crippen LogP contribution in [0.15, 0.2) is 30.3 Å². The van der Waals surface area contributed by atoms with Crippen LogP contribution in [-0.4, -0.2) is 35.7 Å². The number of hydrogen-bond acceptors (Lipinski definition) is 3. The van der Waals surface area contributed by atoms with Gasteiger partial charge in [0.05, 0.1) is 12.1 Å². The van der Waals surface area contributed by atoms with E-state index in [-0.39, 0.29) is 12.1 Å². The number of rotatable bonds is 5. The van der Waals surface area contributed by atoms with Crippen LogP contribution in [-0.2, 0) is 0 Å². The van der Waals surface area contributed by atoms with Crippen molar-refractivity contribution in [2.45, 2.75) is 37.8 Å². The van der Waals surface area contributed by atoms with E-state index in [1.165, 1.54) is 31.2 Å². The normalized spacial score (nSPS) is 34.5. The highest BCUT2D eigenvalue weighted by Gasteiger charge is 2.56. The van der Waals surface area contributed by atoms with E-state index in [9.17, 15) is 5.11 Å². The van der Waals surface area contributed by atoms with E-state index in [1.807, 2.05) is 0 Å². The van der Waals surface area contributed by atoms with Crippen LogP contribution in [0.3, 0.4) is 0 Å². The highest BCUT2D eigenvalue weighted by molar-refractivity contribution is 5.22. The number of nitrogens with two attached hydrogens (primary N) is 1. The van der Waals surface area contributed by atoms with Gasteiger partial charge in [0.15, 0.2) is 0 Å². The van der Waals surface area contributed by atoms with Crippen molar-refractivity contribution in [2.75, 3.05) is 19.6 Å². The SMILES string of the molecule is NCC1C2CN(C(c3ccccc3)C(O)C3CCCC3)CC12. The fourth-order valence-corrected chi connectivity index (χ4v) is 5.09.